The Morgan fingerprint density at radius 2 is 2.16 bits per heavy atom. The maximum absolute atomic E-state index is 4.14. The maximum atomic E-state index is 4.14. The number of nitrogens with zero attached hydrogens (tertiary/aromatic N) is 1. The van der Waals surface area contributed by atoms with Gasteiger partial charge in [-0.05, 0) is 37.2 Å². The van der Waals surface area contributed by atoms with Crippen LogP contribution in [0.15, 0.2) is 45.3 Å². The van der Waals surface area contributed by atoms with E-state index in [0.717, 1.165) is 23.2 Å². The number of likely N-dealkylation sites (N-methyl/N-ethyl adjacent to an activating group) is 1. The van der Waals surface area contributed by atoms with Crippen molar-refractivity contribution in [3.05, 3.63) is 45.3 Å². The second-order valence-corrected chi connectivity index (χ2v) is 7.17. The van der Waals surface area contributed by atoms with Crippen LogP contribution in [0.3, 0.4) is 0 Å². The molecule has 1 N–H and O–H groups in total. The van der Waals surface area contributed by atoms with E-state index in [4.69, 9.17) is 0 Å². The van der Waals surface area contributed by atoms with Gasteiger partial charge in [-0.2, -0.15) is 0 Å². The highest BCUT2D eigenvalue weighted by molar-refractivity contribution is 9.10. The van der Waals surface area contributed by atoms with E-state index >= 15 is 0 Å². The van der Waals surface area contributed by atoms with Gasteiger partial charge in [-0.15, -0.1) is 23.1 Å². The molecule has 0 saturated carbocycles. The first-order valence-electron chi connectivity index (χ1n) is 6.27. The molecule has 0 fully saturated rings. The standard InChI is InChI=1S/C14H17BrN2S2/c1-2-17-12(7-14-8-16-10-19-14)9-18-13-5-3-11(15)4-6-13/h3-6,8,10,12,17H,2,7,9H2,1H3. The Labute approximate surface area is 131 Å². The van der Waals surface area contributed by atoms with Crippen molar-refractivity contribution in [3.8, 4) is 0 Å². The lowest BCUT2D eigenvalue weighted by molar-refractivity contribution is 0.576. The molecule has 0 radical (unpaired) electrons. The van der Waals surface area contributed by atoms with Crippen molar-refractivity contribution in [1.29, 1.82) is 0 Å². The Morgan fingerprint density at radius 1 is 1.37 bits per heavy atom. The van der Waals surface area contributed by atoms with Gasteiger partial charge in [-0.25, -0.2) is 0 Å². The molecule has 0 bridgehead atoms. The molecule has 0 spiro atoms. The van der Waals surface area contributed by atoms with Crippen LogP contribution in [-0.2, 0) is 6.42 Å². The lowest BCUT2D eigenvalue weighted by Crippen LogP contribution is -2.32. The van der Waals surface area contributed by atoms with Gasteiger partial charge in [0.15, 0.2) is 0 Å². The van der Waals surface area contributed by atoms with Crippen LogP contribution in [-0.4, -0.2) is 23.3 Å². The van der Waals surface area contributed by atoms with Crippen molar-refractivity contribution in [1.82, 2.24) is 10.3 Å². The van der Waals surface area contributed by atoms with Gasteiger partial charge in [0.05, 0.1) is 5.51 Å². The Bertz CT molecular complexity index is 471. The normalized spacial score (nSPS) is 12.5. The third-order valence-electron chi connectivity index (χ3n) is 2.69. The van der Waals surface area contributed by atoms with Gasteiger partial charge in [0.25, 0.3) is 0 Å². The van der Waals surface area contributed by atoms with Crippen molar-refractivity contribution < 1.29 is 0 Å². The van der Waals surface area contributed by atoms with Crippen LogP contribution in [0.5, 0.6) is 0 Å². The molecule has 5 heteroatoms. The molecule has 0 saturated heterocycles. The highest BCUT2D eigenvalue weighted by atomic mass is 79.9. The first kappa shape index (κ1) is 15.0. The van der Waals surface area contributed by atoms with Gasteiger partial charge in [-0.3, -0.25) is 4.98 Å². The quantitative estimate of drug-likeness (QED) is 0.751. The molecule has 1 aromatic carbocycles. The average molecular weight is 357 g/mol. The van der Waals surface area contributed by atoms with E-state index in [1.807, 2.05) is 23.5 Å². The van der Waals surface area contributed by atoms with Crippen molar-refractivity contribution in [2.24, 2.45) is 0 Å². The third kappa shape index (κ3) is 5.26. The predicted molar refractivity (Wildman–Crippen MR) is 88.1 cm³/mol. The van der Waals surface area contributed by atoms with Crippen LogP contribution in [0.1, 0.15) is 11.8 Å². The molecule has 0 aliphatic rings. The van der Waals surface area contributed by atoms with E-state index in [2.05, 4.69) is 57.4 Å². The Hall–Kier alpha value is -0.360. The first-order chi connectivity index (χ1) is 9.28. The summed E-state index contributed by atoms with van der Waals surface area (Å²) in [6.45, 7) is 3.16. The molecular weight excluding hydrogens is 340 g/mol. The van der Waals surface area contributed by atoms with Crippen molar-refractivity contribution in [2.45, 2.75) is 24.3 Å². The fourth-order valence-corrected chi connectivity index (χ4v) is 3.69. The monoisotopic (exact) mass is 356 g/mol. The Kier molecular flexibility index (Phi) is 6.37. The van der Waals surface area contributed by atoms with Crippen LogP contribution in [0, 0.1) is 0 Å². The number of benzene rings is 1. The van der Waals surface area contributed by atoms with E-state index in [0.29, 0.717) is 6.04 Å². The number of rotatable bonds is 7. The second kappa shape index (κ2) is 8.04. The van der Waals surface area contributed by atoms with Crippen LogP contribution in [0.25, 0.3) is 0 Å². The van der Waals surface area contributed by atoms with Gasteiger partial charge in [0, 0.05) is 32.2 Å². The molecule has 102 valence electrons. The van der Waals surface area contributed by atoms with Gasteiger partial charge in [-0.1, -0.05) is 22.9 Å². The molecule has 1 heterocycles. The number of aromatic nitrogens is 1. The van der Waals surface area contributed by atoms with Crippen molar-refractivity contribution >= 4 is 39.0 Å². The zero-order valence-corrected chi connectivity index (χ0v) is 14.0. The highest BCUT2D eigenvalue weighted by Gasteiger charge is 2.10. The molecule has 1 unspecified atom stereocenters. The second-order valence-electron chi connectivity index (χ2n) is 4.19. The molecule has 0 amide bonds. The van der Waals surface area contributed by atoms with E-state index in [-0.39, 0.29) is 0 Å². The number of nitrogens with one attached hydrogen (secondary N) is 1. The predicted octanol–water partition coefficient (Wildman–Crippen LogP) is 4.22. The van der Waals surface area contributed by atoms with Crippen LogP contribution in [0.4, 0.5) is 0 Å². The highest BCUT2D eigenvalue weighted by Crippen LogP contribution is 2.22. The van der Waals surface area contributed by atoms with Gasteiger partial charge in [0.2, 0.25) is 0 Å². The summed E-state index contributed by atoms with van der Waals surface area (Å²) in [4.78, 5) is 6.81. The van der Waals surface area contributed by atoms with E-state index in [1.165, 1.54) is 9.77 Å². The first-order valence-corrected chi connectivity index (χ1v) is 8.93. The minimum absolute atomic E-state index is 0.499. The summed E-state index contributed by atoms with van der Waals surface area (Å²) in [5.41, 5.74) is 1.90. The molecule has 19 heavy (non-hydrogen) atoms. The Balaban J connectivity index is 1.87. The average Bonchev–Trinajstić information content (AvgIpc) is 2.91. The molecule has 1 aromatic heterocycles. The number of halogens is 1. The third-order valence-corrected chi connectivity index (χ3v) is 5.19. The number of thiazole rings is 1. The van der Waals surface area contributed by atoms with Crippen LogP contribution >= 0.6 is 39.0 Å². The minimum atomic E-state index is 0.499. The summed E-state index contributed by atoms with van der Waals surface area (Å²) in [5.74, 6) is 1.08. The molecule has 0 aliphatic carbocycles. The summed E-state index contributed by atoms with van der Waals surface area (Å²) in [7, 11) is 0. The molecular formula is C14H17BrN2S2. The molecule has 2 nitrogen and oxygen atoms in total. The zero-order valence-electron chi connectivity index (χ0n) is 10.8. The number of thioether (sulfide) groups is 1. The summed E-state index contributed by atoms with van der Waals surface area (Å²) in [6.07, 6.45) is 3.03. The lowest BCUT2D eigenvalue weighted by atomic mass is 10.2. The molecule has 1 atom stereocenters. The fourth-order valence-electron chi connectivity index (χ4n) is 1.79. The minimum Gasteiger partial charge on any atom is -0.313 e. The Morgan fingerprint density at radius 3 is 2.79 bits per heavy atom. The van der Waals surface area contributed by atoms with E-state index < -0.39 is 0 Å². The molecule has 0 aliphatic heterocycles. The van der Waals surface area contributed by atoms with Crippen molar-refractivity contribution in [2.75, 3.05) is 12.3 Å². The lowest BCUT2D eigenvalue weighted by Gasteiger charge is -2.16. The zero-order chi connectivity index (χ0) is 13.5. The van der Waals surface area contributed by atoms with E-state index in [1.54, 1.807) is 11.3 Å². The SMILES string of the molecule is CCNC(CSc1ccc(Br)cc1)Cc1cncs1. The summed E-state index contributed by atoms with van der Waals surface area (Å²) in [5, 5.41) is 3.55. The van der Waals surface area contributed by atoms with Gasteiger partial charge < -0.3 is 5.32 Å². The van der Waals surface area contributed by atoms with Crippen LogP contribution < -0.4 is 5.32 Å². The number of hydrogen-bond acceptors (Lipinski definition) is 4. The fraction of sp³-hybridized carbons (Fsp3) is 0.357. The summed E-state index contributed by atoms with van der Waals surface area (Å²) >= 11 is 7.10. The van der Waals surface area contributed by atoms with E-state index in [9.17, 15) is 0 Å². The topological polar surface area (TPSA) is 24.9 Å². The van der Waals surface area contributed by atoms with Crippen molar-refractivity contribution in [3.63, 3.8) is 0 Å². The maximum Gasteiger partial charge on any atom is 0.0794 e. The largest absolute Gasteiger partial charge is 0.313 e. The summed E-state index contributed by atoms with van der Waals surface area (Å²) in [6, 6.07) is 9.00. The molecule has 2 aromatic rings. The molecule has 2 rings (SSSR count). The van der Waals surface area contributed by atoms with Gasteiger partial charge in [0.1, 0.15) is 0 Å². The smallest absolute Gasteiger partial charge is 0.0794 e. The summed E-state index contributed by atoms with van der Waals surface area (Å²) < 4.78 is 1.13. The number of hydrogen-bond donors (Lipinski definition) is 1. The van der Waals surface area contributed by atoms with Gasteiger partial charge >= 0.3 is 0 Å². The van der Waals surface area contributed by atoms with Crippen LogP contribution in [0.2, 0.25) is 0 Å².